The number of amides is 1. The van der Waals surface area contributed by atoms with Gasteiger partial charge >= 0.3 is 0 Å². The van der Waals surface area contributed by atoms with Gasteiger partial charge in [-0.15, -0.1) is 0 Å². The summed E-state index contributed by atoms with van der Waals surface area (Å²) in [5.41, 5.74) is 9.53. The third kappa shape index (κ3) is 3.31. The summed E-state index contributed by atoms with van der Waals surface area (Å²) in [5, 5.41) is 2.97. The molecule has 114 valence electrons. The number of carbonyl (C=O) groups is 1. The predicted octanol–water partition coefficient (Wildman–Crippen LogP) is 3.05. The number of anilines is 1. The summed E-state index contributed by atoms with van der Waals surface area (Å²) in [6.45, 7) is 0. The van der Waals surface area contributed by atoms with Gasteiger partial charge in [-0.25, -0.2) is 0 Å². The summed E-state index contributed by atoms with van der Waals surface area (Å²) in [6, 6.07) is 7.50. The van der Waals surface area contributed by atoms with Crippen LogP contribution in [0.4, 0.5) is 5.69 Å². The second-order valence-corrected chi connectivity index (χ2v) is 5.62. The normalized spacial score (nSPS) is 19.1. The number of hydrogen-bond acceptors (Lipinski definition) is 4. The van der Waals surface area contributed by atoms with Gasteiger partial charge in [0.15, 0.2) is 0 Å². The third-order valence-electron chi connectivity index (χ3n) is 3.94. The van der Waals surface area contributed by atoms with Crippen LogP contribution in [0.2, 0.25) is 0 Å². The van der Waals surface area contributed by atoms with Crippen molar-refractivity contribution in [2.24, 2.45) is 5.73 Å². The molecule has 0 saturated heterocycles. The maximum absolute atomic E-state index is 12.1. The molecule has 2 bridgehead atoms. The van der Waals surface area contributed by atoms with E-state index in [2.05, 4.69) is 15.3 Å². The lowest BCUT2D eigenvalue weighted by Crippen LogP contribution is -2.12. The topological polar surface area (TPSA) is 80.9 Å². The monoisotopic (exact) mass is 296 g/mol. The Hall–Kier alpha value is -2.27. The van der Waals surface area contributed by atoms with E-state index in [4.69, 9.17) is 5.73 Å². The molecule has 3 rings (SSSR count). The number of fused-ring (bicyclic) bond motifs is 4. The second kappa shape index (κ2) is 6.66. The smallest absolute Gasteiger partial charge is 0.224 e. The molecule has 2 aromatic heterocycles. The van der Waals surface area contributed by atoms with Gasteiger partial charge in [-0.1, -0.05) is 12.8 Å². The van der Waals surface area contributed by atoms with Crippen molar-refractivity contribution in [3.63, 3.8) is 0 Å². The van der Waals surface area contributed by atoms with Crippen LogP contribution in [-0.4, -0.2) is 15.9 Å². The van der Waals surface area contributed by atoms with E-state index < -0.39 is 0 Å². The average Bonchev–Trinajstić information content (AvgIpc) is 2.55. The van der Waals surface area contributed by atoms with Crippen molar-refractivity contribution in [3.05, 3.63) is 42.4 Å². The zero-order chi connectivity index (χ0) is 15.4. The molecule has 0 unspecified atom stereocenters. The Labute approximate surface area is 130 Å². The van der Waals surface area contributed by atoms with Gasteiger partial charge in [0, 0.05) is 30.4 Å². The number of pyridine rings is 2. The van der Waals surface area contributed by atoms with Crippen molar-refractivity contribution in [2.45, 2.75) is 38.1 Å². The molecule has 1 aliphatic rings. The predicted molar refractivity (Wildman–Crippen MR) is 86.1 cm³/mol. The van der Waals surface area contributed by atoms with E-state index in [0.717, 1.165) is 48.3 Å². The highest BCUT2D eigenvalue weighted by molar-refractivity contribution is 5.94. The number of carbonyl (C=O) groups excluding carboxylic acids is 1. The molecule has 1 atom stereocenters. The molecule has 3 N–H and O–H groups in total. The van der Waals surface area contributed by atoms with Crippen LogP contribution >= 0.6 is 0 Å². The number of nitrogens with one attached hydrogen (secondary N) is 1. The van der Waals surface area contributed by atoms with E-state index in [0.29, 0.717) is 6.42 Å². The van der Waals surface area contributed by atoms with E-state index in [1.54, 1.807) is 12.4 Å². The first-order valence-corrected chi connectivity index (χ1v) is 7.71. The summed E-state index contributed by atoms with van der Waals surface area (Å²) < 4.78 is 0. The highest BCUT2D eigenvalue weighted by atomic mass is 16.1. The Morgan fingerprint density at radius 3 is 2.95 bits per heavy atom. The molecule has 0 aliphatic carbocycles. The lowest BCUT2D eigenvalue weighted by atomic mass is 10.0. The Morgan fingerprint density at radius 2 is 2.05 bits per heavy atom. The van der Waals surface area contributed by atoms with Crippen molar-refractivity contribution in [1.29, 1.82) is 0 Å². The first-order chi connectivity index (χ1) is 10.7. The quantitative estimate of drug-likeness (QED) is 0.783. The van der Waals surface area contributed by atoms with Crippen LogP contribution in [0.3, 0.4) is 0 Å². The lowest BCUT2D eigenvalue weighted by molar-refractivity contribution is -0.116. The highest BCUT2D eigenvalue weighted by Crippen LogP contribution is 2.28. The number of nitrogens with two attached hydrogens (primary N) is 1. The number of nitrogens with zero attached hydrogens (tertiary/aromatic N) is 2. The van der Waals surface area contributed by atoms with E-state index in [9.17, 15) is 4.79 Å². The Bertz CT molecular complexity index is 671. The van der Waals surface area contributed by atoms with Crippen molar-refractivity contribution in [2.75, 3.05) is 5.32 Å². The zero-order valence-corrected chi connectivity index (χ0v) is 12.5. The first kappa shape index (κ1) is 14.7. The Balaban J connectivity index is 2.03. The fourth-order valence-electron chi connectivity index (χ4n) is 2.72. The maximum Gasteiger partial charge on any atom is 0.224 e. The van der Waals surface area contributed by atoms with Crippen LogP contribution in [0.1, 0.15) is 43.8 Å². The molecule has 5 heteroatoms. The van der Waals surface area contributed by atoms with Crippen LogP contribution in [0.25, 0.3) is 11.3 Å². The molecule has 1 amide bonds. The van der Waals surface area contributed by atoms with Crippen molar-refractivity contribution in [1.82, 2.24) is 9.97 Å². The Morgan fingerprint density at radius 1 is 1.14 bits per heavy atom. The van der Waals surface area contributed by atoms with E-state index in [1.807, 2.05) is 24.3 Å². The van der Waals surface area contributed by atoms with Gasteiger partial charge in [0.05, 0.1) is 17.1 Å². The number of aromatic nitrogens is 2. The third-order valence-corrected chi connectivity index (χ3v) is 3.94. The zero-order valence-electron chi connectivity index (χ0n) is 12.5. The van der Waals surface area contributed by atoms with Crippen LogP contribution in [0, 0.1) is 0 Å². The fraction of sp³-hybridized carbons (Fsp3) is 0.353. The van der Waals surface area contributed by atoms with Crippen molar-refractivity contribution in [3.8, 4) is 11.3 Å². The number of rotatable bonds is 0. The molecule has 0 aromatic carbocycles. The van der Waals surface area contributed by atoms with Crippen molar-refractivity contribution < 1.29 is 4.79 Å². The molecule has 0 saturated carbocycles. The van der Waals surface area contributed by atoms with Gasteiger partial charge in [0.2, 0.25) is 5.91 Å². The average molecular weight is 296 g/mol. The molecule has 3 heterocycles. The van der Waals surface area contributed by atoms with Gasteiger partial charge in [0.1, 0.15) is 0 Å². The Kier molecular flexibility index (Phi) is 4.44. The summed E-state index contributed by atoms with van der Waals surface area (Å²) in [6.07, 6.45) is 7.77. The maximum atomic E-state index is 12.1. The van der Waals surface area contributed by atoms with Crippen LogP contribution in [0.15, 0.2) is 36.7 Å². The molecule has 22 heavy (non-hydrogen) atoms. The first-order valence-electron chi connectivity index (χ1n) is 7.71. The van der Waals surface area contributed by atoms with E-state index in [-0.39, 0.29) is 11.9 Å². The van der Waals surface area contributed by atoms with Gasteiger partial charge in [-0.05, 0) is 37.1 Å². The minimum Gasteiger partial charge on any atom is -0.324 e. The number of hydrogen-bond donors (Lipinski definition) is 2. The molecule has 1 aliphatic heterocycles. The fourth-order valence-corrected chi connectivity index (χ4v) is 2.72. The highest BCUT2D eigenvalue weighted by Gasteiger charge is 2.14. The van der Waals surface area contributed by atoms with Gasteiger partial charge in [-0.3, -0.25) is 14.8 Å². The lowest BCUT2D eigenvalue weighted by Gasteiger charge is -2.13. The largest absolute Gasteiger partial charge is 0.324 e. The summed E-state index contributed by atoms with van der Waals surface area (Å²) in [7, 11) is 0. The summed E-state index contributed by atoms with van der Waals surface area (Å²) >= 11 is 0. The molecular formula is C17H20N4O. The molecule has 0 radical (unpaired) electrons. The van der Waals surface area contributed by atoms with Crippen LogP contribution in [0.5, 0.6) is 0 Å². The standard InChI is InChI=1S/C17H20N4O/c18-13-5-2-1-3-7-16(22)21-14-6-4-9-20-17(14)12-8-10-19-15(13)11-12/h4,6,8-11,13H,1-3,5,7,18H2,(H,21,22)/t13-/m0/s1. The molecular weight excluding hydrogens is 276 g/mol. The van der Waals surface area contributed by atoms with Crippen LogP contribution in [-0.2, 0) is 4.79 Å². The molecule has 0 spiro atoms. The summed E-state index contributed by atoms with van der Waals surface area (Å²) in [4.78, 5) is 20.9. The molecule has 5 nitrogen and oxygen atoms in total. The minimum absolute atomic E-state index is 0.0343. The SMILES string of the molecule is N[C@H]1CCCCCC(=O)Nc2cccnc2-c2ccnc1c2. The minimum atomic E-state index is -0.0727. The van der Waals surface area contributed by atoms with Gasteiger partial charge < -0.3 is 11.1 Å². The van der Waals surface area contributed by atoms with Gasteiger partial charge in [-0.2, -0.15) is 0 Å². The van der Waals surface area contributed by atoms with E-state index in [1.165, 1.54) is 0 Å². The molecule has 2 aromatic rings. The summed E-state index contributed by atoms with van der Waals surface area (Å²) in [5.74, 6) is 0.0343. The van der Waals surface area contributed by atoms with Crippen LogP contribution < -0.4 is 11.1 Å². The van der Waals surface area contributed by atoms with Gasteiger partial charge in [0.25, 0.3) is 0 Å². The van der Waals surface area contributed by atoms with E-state index >= 15 is 0 Å². The second-order valence-electron chi connectivity index (χ2n) is 5.62. The molecule has 0 fully saturated rings. The van der Waals surface area contributed by atoms with Crippen molar-refractivity contribution >= 4 is 11.6 Å².